The highest BCUT2D eigenvalue weighted by atomic mass is 35.5. The summed E-state index contributed by atoms with van der Waals surface area (Å²) in [7, 11) is 1.25. The summed E-state index contributed by atoms with van der Waals surface area (Å²) in [6.45, 7) is 0. The molecule has 0 unspecified atom stereocenters. The molecule has 6 nitrogen and oxygen atoms in total. The van der Waals surface area contributed by atoms with Crippen LogP contribution >= 0.6 is 11.6 Å². The maximum Gasteiger partial charge on any atom is 0.337 e. The van der Waals surface area contributed by atoms with Crippen LogP contribution in [0.3, 0.4) is 0 Å². The summed E-state index contributed by atoms with van der Waals surface area (Å²) < 4.78 is 4.57. The molecule has 0 saturated heterocycles. The molecule has 7 heteroatoms. The number of aliphatic carboxylic acids is 1. The number of esters is 1. The van der Waals surface area contributed by atoms with E-state index in [1.165, 1.54) is 25.3 Å². The van der Waals surface area contributed by atoms with Crippen molar-refractivity contribution in [2.75, 3.05) is 12.4 Å². The number of rotatable bonds is 6. The Morgan fingerprint density at radius 2 is 2.00 bits per heavy atom. The van der Waals surface area contributed by atoms with Gasteiger partial charge >= 0.3 is 11.9 Å². The Balaban J connectivity index is 2.68. The molecule has 0 aliphatic rings. The van der Waals surface area contributed by atoms with Crippen LogP contribution < -0.4 is 5.32 Å². The second-order valence-electron chi connectivity index (χ2n) is 3.98. The van der Waals surface area contributed by atoms with Crippen molar-refractivity contribution in [1.29, 1.82) is 0 Å². The number of nitrogens with one attached hydrogen (secondary N) is 1. The smallest absolute Gasteiger partial charge is 0.337 e. The predicted molar refractivity (Wildman–Crippen MR) is 72.9 cm³/mol. The Hall–Kier alpha value is -2.08. The van der Waals surface area contributed by atoms with E-state index >= 15 is 0 Å². The Morgan fingerprint density at radius 3 is 2.60 bits per heavy atom. The van der Waals surface area contributed by atoms with E-state index < -0.39 is 11.9 Å². The first-order valence-corrected chi connectivity index (χ1v) is 6.21. The van der Waals surface area contributed by atoms with E-state index in [9.17, 15) is 14.4 Å². The molecule has 0 radical (unpaired) electrons. The summed E-state index contributed by atoms with van der Waals surface area (Å²) in [5.74, 6) is -1.86. The summed E-state index contributed by atoms with van der Waals surface area (Å²) in [6.07, 6.45) is 0.212. The topological polar surface area (TPSA) is 92.7 Å². The fraction of sp³-hybridized carbons (Fsp3) is 0.308. The lowest BCUT2D eigenvalue weighted by atomic mass is 10.2. The van der Waals surface area contributed by atoms with Gasteiger partial charge in [0.15, 0.2) is 0 Å². The molecule has 0 fully saturated rings. The zero-order valence-corrected chi connectivity index (χ0v) is 11.6. The van der Waals surface area contributed by atoms with Crippen LogP contribution in [-0.2, 0) is 14.3 Å². The fourth-order valence-corrected chi connectivity index (χ4v) is 1.64. The van der Waals surface area contributed by atoms with Gasteiger partial charge in [0.1, 0.15) is 0 Å². The molecule has 1 aromatic carbocycles. The highest BCUT2D eigenvalue weighted by molar-refractivity contribution is 6.33. The first-order valence-electron chi connectivity index (χ1n) is 5.83. The number of ether oxygens (including phenoxy) is 1. The number of halogens is 1. The number of hydrogen-bond acceptors (Lipinski definition) is 4. The summed E-state index contributed by atoms with van der Waals surface area (Å²) in [5, 5.41) is 11.3. The van der Waals surface area contributed by atoms with Crippen LogP contribution in [0.5, 0.6) is 0 Å². The van der Waals surface area contributed by atoms with Crippen LogP contribution in [0.2, 0.25) is 5.02 Å². The van der Waals surface area contributed by atoms with E-state index in [1.54, 1.807) is 0 Å². The molecule has 0 bridgehead atoms. The highest BCUT2D eigenvalue weighted by Gasteiger charge is 2.11. The van der Waals surface area contributed by atoms with E-state index in [1.807, 2.05) is 0 Å². The number of carbonyl (C=O) groups excluding carboxylic acids is 2. The zero-order valence-electron chi connectivity index (χ0n) is 10.8. The van der Waals surface area contributed by atoms with Crippen molar-refractivity contribution in [3.8, 4) is 0 Å². The lowest BCUT2D eigenvalue weighted by Crippen LogP contribution is -2.13. The van der Waals surface area contributed by atoms with Gasteiger partial charge in [-0.2, -0.15) is 0 Å². The fourth-order valence-electron chi connectivity index (χ4n) is 1.48. The first-order chi connectivity index (χ1) is 9.43. The van der Waals surface area contributed by atoms with Gasteiger partial charge in [0.25, 0.3) is 0 Å². The third-order valence-electron chi connectivity index (χ3n) is 2.46. The molecule has 1 rings (SSSR count). The van der Waals surface area contributed by atoms with Crippen LogP contribution in [0.15, 0.2) is 18.2 Å². The maximum atomic E-state index is 11.6. The number of amides is 1. The third kappa shape index (κ3) is 4.89. The second kappa shape index (κ2) is 7.49. The normalized spacial score (nSPS) is 9.90. The molecule has 0 aliphatic carbocycles. The van der Waals surface area contributed by atoms with Crippen molar-refractivity contribution < 1.29 is 24.2 Å². The number of carboxylic acid groups (broad SMARTS) is 1. The molecule has 20 heavy (non-hydrogen) atoms. The van der Waals surface area contributed by atoms with Crippen LogP contribution in [0, 0.1) is 0 Å². The number of benzene rings is 1. The van der Waals surface area contributed by atoms with E-state index in [0.29, 0.717) is 0 Å². The van der Waals surface area contributed by atoms with Crippen LogP contribution in [0.1, 0.15) is 29.6 Å². The minimum Gasteiger partial charge on any atom is -0.481 e. The minimum absolute atomic E-state index is 0.0606. The standard InChI is InChI=1S/C13H14ClNO5/c1-20-13(19)8-5-6-9(14)10(7-8)15-11(16)3-2-4-12(17)18/h5-7H,2-4H2,1H3,(H,15,16)(H,17,18). The second-order valence-corrected chi connectivity index (χ2v) is 4.39. The number of carbonyl (C=O) groups is 3. The van der Waals surface area contributed by atoms with Gasteiger partial charge in [-0.15, -0.1) is 0 Å². The number of carboxylic acids is 1. The summed E-state index contributed by atoms with van der Waals surface area (Å²) in [5.41, 5.74) is 0.549. The number of methoxy groups -OCH3 is 1. The Labute approximate surface area is 120 Å². The molecule has 1 amide bonds. The van der Waals surface area contributed by atoms with Crippen molar-refractivity contribution in [1.82, 2.24) is 0 Å². The number of anilines is 1. The molecule has 1 aromatic rings. The van der Waals surface area contributed by atoms with E-state index in [-0.39, 0.29) is 41.4 Å². The summed E-state index contributed by atoms with van der Waals surface area (Å²) in [6, 6.07) is 4.36. The molecule has 0 aliphatic heterocycles. The molecule has 0 aromatic heterocycles. The van der Waals surface area contributed by atoms with Gasteiger partial charge in [-0.1, -0.05) is 11.6 Å². The lowest BCUT2D eigenvalue weighted by Gasteiger charge is -2.08. The van der Waals surface area contributed by atoms with Crippen LogP contribution in [0.25, 0.3) is 0 Å². The van der Waals surface area contributed by atoms with Crippen molar-refractivity contribution in [2.45, 2.75) is 19.3 Å². The van der Waals surface area contributed by atoms with Gasteiger partial charge in [0.2, 0.25) is 5.91 Å². The van der Waals surface area contributed by atoms with Crippen LogP contribution in [-0.4, -0.2) is 30.1 Å². The third-order valence-corrected chi connectivity index (χ3v) is 2.79. The Kier molecular flexibility index (Phi) is 5.99. The summed E-state index contributed by atoms with van der Waals surface area (Å²) >= 11 is 5.91. The minimum atomic E-state index is -0.955. The van der Waals surface area contributed by atoms with Crippen molar-refractivity contribution in [3.63, 3.8) is 0 Å². The zero-order chi connectivity index (χ0) is 15.1. The maximum absolute atomic E-state index is 11.6. The Morgan fingerprint density at radius 1 is 1.30 bits per heavy atom. The quantitative estimate of drug-likeness (QED) is 0.786. The molecule has 0 saturated carbocycles. The molecule has 108 valence electrons. The van der Waals surface area contributed by atoms with Crippen molar-refractivity contribution in [3.05, 3.63) is 28.8 Å². The molecular weight excluding hydrogens is 286 g/mol. The van der Waals surface area contributed by atoms with Crippen molar-refractivity contribution >= 4 is 35.1 Å². The van der Waals surface area contributed by atoms with Gasteiger partial charge < -0.3 is 15.2 Å². The summed E-state index contributed by atoms with van der Waals surface area (Å²) in [4.78, 5) is 33.3. The van der Waals surface area contributed by atoms with Gasteiger partial charge in [0.05, 0.1) is 23.4 Å². The van der Waals surface area contributed by atoms with Gasteiger partial charge in [-0.05, 0) is 24.6 Å². The van der Waals surface area contributed by atoms with Gasteiger partial charge in [0, 0.05) is 12.8 Å². The predicted octanol–water partition coefficient (Wildman–Crippen LogP) is 2.32. The van der Waals surface area contributed by atoms with Gasteiger partial charge in [-0.3, -0.25) is 9.59 Å². The van der Waals surface area contributed by atoms with E-state index in [4.69, 9.17) is 16.7 Å². The number of hydrogen-bond donors (Lipinski definition) is 2. The van der Waals surface area contributed by atoms with Gasteiger partial charge in [-0.25, -0.2) is 4.79 Å². The van der Waals surface area contributed by atoms with E-state index in [0.717, 1.165) is 0 Å². The molecule has 0 spiro atoms. The largest absolute Gasteiger partial charge is 0.481 e. The molecular formula is C13H14ClNO5. The average Bonchev–Trinajstić information content (AvgIpc) is 2.40. The van der Waals surface area contributed by atoms with Crippen LogP contribution in [0.4, 0.5) is 5.69 Å². The molecule has 0 atom stereocenters. The lowest BCUT2D eigenvalue weighted by molar-refractivity contribution is -0.137. The van der Waals surface area contributed by atoms with E-state index in [2.05, 4.69) is 10.1 Å². The van der Waals surface area contributed by atoms with Crippen molar-refractivity contribution in [2.24, 2.45) is 0 Å². The SMILES string of the molecule is COC(=O)c1ccc(Cl)c(NC(=O)CCCC(=O)O)c1. The average molecular weight is 300 g/mol. The highest BCUT2D eigenvalue weighted by Crippen LogP contribution is 2.23. The molecule has 2 N–H and O–H groups in total. The first kappa shape index (κ1) is 16.0. The monoisotopic (exact) mass is 299 g/mol. The molecule has 0 heterocycles. The Bertz CT molecular complexity index is 529.